The summed E-state index contributed by atoms with van der Waals surface area (Å²) in [6.45, 7) is 0. The number of rotatable bonds is 4. The summed E-state index contributed by atoms with van der Waals surface area (Å²) in [6.07, 6.45) is 0. The number of nitrogens with one attached hydrogen (secondary N) is 1. The van der Waals surface area contributed by atoms with E-state index in [0.717, 1.165) is 10.2 Å². The van der Waals surface area contributed by atoms with Crippen molar-refractivity contribution in [2.24, 2.45) is 0 Å². The van der Waals surface area contributed by atoms with Crippen LogP contribution in [0.15, 0.2) is 53.7 Å². The van der Waals surface area contributed by atoms with Gasteiger partial charge in [0.2, 0.25) is 11.1 Å². The molecule has 0 fully saturated rings. The van der Waals surface area contributed by atoms with Crippen LogP contribution in [0.5, 0.6) is 0 Å². The number of amides is 1. The molecule has 0 aliphatic rings. The van der Waals surface area contributed by atoms with Crippen molar-refractivity contribution in [3.63, 3.8) is 0 Å². The lowest BCUT2D eigenvalue weighted by Crippen LogP contribution is -2.22. The Morgan fingerprint density at radius 2 is 1.88 bits per heavy atom. The molecule has 1 unspecified atom stereocenters. The molecule has 0 aliphatic carbocycles. The van der Waals surface area contributed by atoms with Gasteiger partial charge in [-0.05, 0) is 23.8 Å². The molecule has 0 radical (unpaired) electrons. The Morgan fingerprint density at radius 3 is 2.58 bits per heavy atom. The average molecular weight is 410 g/mol. The maximum Gasteiger partial charge on any atom is 0.349 e. The smallest absolute Gasteiger partial charge is 0.349 e. The zero-order valence-corrected chi connectivity index (χ0v) is 15.6. The first-order valence-electron chi connectivity index (χ1n) is 7.35. The third-order valence-corrected chi connectivity index (χ3v) is 5.23. The van der Waals surface area contributed by atoms with Crippen molar-refractivity contribution in [2.75, 3.05) is 11.1 Å². The number of nitrogen functional groups attached to an aromatic ring is 1. The van der Waals surface area contributed by atoms with Crippen LogP contribution < -0.4 is 11.1 Å². The Balaban J connectivity index is 1.75. The van der Waals surface area contributed by atoms with Crippen LogP contribution in [0.2, 0.25) is 10.0 Å². The molecule has 2 aromatic carbocycles. The number of hydrogen-bond acceptors (Lipinski definition) is 5. The first-order chi connectivity index (χ1) is 12.4. The molecule has 10 heteroatoms. The van der Waals surface area contributed by atoms with Gasteiger partial charge in [0.25, 0.3) is 0 Å². The topological polar surface area (TPSA) is 103 Å². The first-order valence-corrected chi connectivity index (χ1v) is 9.43. The molecule has 1 atom stereocenters. The van der Waals surface area contributed by atoms with Crippen molar-refractivity contribution in [2.45, 2.75) is 10.9 Å². The number of aromatic nitrogens is 3. The summed E-state index contributed by atoms with van der Waals surface area (Å²) < 4.78 is 13.2. The van der Waals surface area contributed by atoms with E-state index in [2.05, 4.69) is 15.4 Å². The van der Waals surface area contributed by atoms with E-state index in [1.54, 1.807) is 12.1 Å². The standard InChI is InChI=1S/C16H13Cl2N5O2S/c17-12-7-6-11(8-13(12)18)20-16(24)23-14(19)21-15(22-23)26(25)9-10-4-2-1-3-5-10/h1-8H,9H2,(H,20,24)(H2,19,21,22). The molecule has 0 saturated heterocycles. The van der Waals surface area contributed by atoms with Gasteiger partial charge in [0, 0.05) is 5.69 Å². The normalized spacial score (nSPS) is 11.9. The molecule has 3 aromatic rings. The predicted molar refractivity (Wildman–Crippen MR) is 102 cm³/mol. The van der Waals surface area contributed by atoms with Crippen LogP contribution in [0.4, 0.5) is 16.4 Å². The molecule has 1 amide bonds. The number of hydrogen-bond donors (Lipinski definition) is 2. The van der Waals surface area contributed by atoms with Gasteiger partial charge in [0.15, 0.2) is 0 Å². The third kappa shape index (κ3) is 4.21. The van der Waals surface area contributed by atoms with Gasteiger partial charge in [0.1, 0.15) is 0 Å². The lowest BCUT2D eigenvalue weighted by molar-refractivity contribution is 0.251. The van der Waals surface area contributed by atoms with E-state index in [0.29, 0.717) is 15.7 Å². The highest BCUT2D eigenvalue weighted by molar-refractivity contribution is 7.84. The lowest BCUT2D eigenvalue weighted by atomic mass is 10.2. The molecular formula is C16H13Cl2N5O2S. The van der Waals surface area contributed by atoms with Gasteiger partial charge in [-0.1, -0.05) is 53.5 Å². The fraction of sp³-hybridized carbons (Fsp3) is 0.0625. The number of nitrogens with two attached hydrogens (primary N) is 1. The SMILES string of the molecule is Nc1nc(S(=O)Cc2ccccc2)nn1C(=O)Nc1ccc(Cl)c(Cl)c1. The van der Waals surface area contributed by atoms with Crippen molar-refractivity contribution in [3.8, 4) is 0 Å². The summed E-state index contributed by atoms with van der Waals surface area (Å²) in [7, 11) is -1.54. The van der Waals surface area contributed by atoms with Crippen molar-refractivity contribution < 1.29 is 9.00 Å². The molecule has 26 heavy (non-hydrogen) atoms. The summed E-state index contributed by atoms with van der Waals surface area (Å²) in [5, 5.41) is 7.16. The van der Waals surface area contributed by atoms with Crippen LogP contribution in [0.3, 0.4) is 0 Å². The van der Waals surface area contributed by atoms with Crippen LogP contribution in [0.25, 0.3) is 0 Å². The number of carbonyl (C=O) groups excluding carboxylic acids is 1. The Hall–Kier alpha value is -2.42. The number of benzene rings is 2. The Bertz CT molecular complexity index is 978. The van der Waals surface area contributed by atoms with Crippen LogP contribution in [-0.2, 0) is 16.6 Å². The maximum absolute atomic E-state index is 12.4. The monoisotopic (exact) mass is 409 g/mol. The van der Waals surface area contributed by atoms with Crippen molar-refractivity contribution in [1.29, 1.82) is 0 Å². The zero-order chi connectivity index (χ0) is 18.7. The maximum atomic E-state index is 12.4. The second kappa shape index (κ2) is 7.86. The molecule has 134 valence electrons. The fourth-order valence-electron chi connectivity index (χ4n) is 2.09. The van der Waals surface area contributed by atoms with Crippen LogP contribution in [0, 0.1) is 0 Å². The van der Waals surface area contributed by atoms with E-state index in [9.17, 15) is 9.00 Å². The largest absolute Gasteiger partial charge is 0.368 e. The van der Waals surface area contributed by atoms with Gasteiger partial charge < -0.3 is 11.1 Å². The molecule has 7 nitrogen and oxygen atoms in total. The minimum atomic E-state index is -1.54. The van der Waals surface area contributed by atoms with E-state index < -0.39 is 16.8 Å². The van der Waals surface area contributed by atoms with Gasteiger partial charge in [0.05, 0.1) is 26.6 Å². The minimum Gasteiger partial charge on any atom is -0.368 e. The average Bonchev–Trinajstić information content (AvgIpc) is 3.01. The number of anilines is 2. The Morgan fingerprint density at radius 1 is 1.15 bits per heavy atom. The summed E-state index contributed by atoms with van der Waals surface area (Å²) in [6, 6.07) is 13.2. The molecule has 3 rings (SSSR count). The van der Waals surface area contributed by atoms with Crippen molar-refractivity contribution >= 4 is 51.7 Å². The molecule has 0 spiro atoms. The van der Waals surface area contributed by atoms with Crippen molar-refractivity contribution in [3.05, 3.63) is 64.1 Å². The van der Waals surface area contributed by atoms with Crippen LogP contribution in [-0.4, -0.2) is 25.0 Å². The Labute approximate surface area is 161 Å². The molecule has 0 saturated carbocycles. The quantitative estimate of drug-likeness (QED) is 0.685. The van der Waals surface area contributed by atoms with Gasteiger partial charge in [-0.2, -0.15) is 4.98 Å². The van der Waals surface area contributed by atoms with E-state index in [4.69, 9.17) is 28.9 Å². The van der Waals surface area contributed by atoms with E-state index in [-0.39, 0.29) is 16.9 Å². The van der Waals surface area contributed by atoms with E-state index >= 15 is 0 Å². The van der Waals surface area contributed by atoms with Crippen LogP contribution in [0.1, 0.15) is 5.56 Å². The summed E-state index contributed by atoms with van der Waals surface area (Å²) in [5.74, 6) is 0.0533. The van der Waals surface area contributed by atoms with Gasteiger partial charge in [-0.25, -0.2) is 4.79 Å². The highest BCUT2D eigenvalue weighted by Crippen LogP contribution is 2.25. The highest BCUT2D eigenvalue weighted by Gasteiger charge is 2.18. The van der Waals surface area contributed by atoms with Gasteiger partial charge >= 0.3 is 6.03 Å². The second-order valence-electron chi connectivity index (χ2n) is 5.20. The van der Waals surface area contributed by atoms with E-state index in [1.807, 2.05) is 30.3 Å². The molecule has 3 N–H and O–H groups in total. The number of halogens is 2. The zero-order valence-electron chi connectivity index (χ0n) is 13.2. The number of carbonyl (C=O) groups is 1. The molecule has 1 aromatic heterocycles. The summed E-state index contributed by atoms with van der Waals surface area (Å²) >= 11 is 11.8. The summed E-state index contributed by atoms with van der Waals surface area (Å²) in [5.41, 5.74) is 7.00. The number of nitrogens with zero attached hydrogens (tertiary/aromatic N) is 3. The van der Waals surface area contributed by atoms with Crippen LogP contribution >= 0.6 is 23.2 Å². The molecule has 0 bridgehead atoms. The minimum absolute atomic E-state index is 0.0179. The van der Waals surface area contributed by atoms with Gasteiger partial charge in [-0.15, -0.1) is 9.78 Å². The van der Waals surface area contributed by atoms with Gasteiger partial charge in [-0.3, -0.25) is 4.21 Å². The van der Waals surface area contributed by atoms with E-state index in [1.165, 1.54) is 6.07 Å². The second-order valence-corrected chi connectivity index (χ2v) is 7.36. The fourth-order valence-corrected chi connectivity index (χ4v) is 3.38. The molecule has 1 heterocycles. The predicted octanol–water partition coefficient (Wildman–Crippen LogP) is 3.56. The highest BCUT2D eigenvalue weighted by atomic mass is 35.5. The molecular weight excluding hydrogens is 397 g/mol. The first kappa shape index (κ1) is 18.4. The van der Waals surface area contributed by atoms with Crippen molar-refractivity contribution in [1.82, 2.24) is 14.8 Å². The Kier molecular flexibility index (Phi) is 5.55. The summed E-state index contributed by atoms with van der Waals surface area (Å²) in [4.78, 5) is 16.2. The third-order valence-electron chi connectivity index (χ3n) is 3.32. The molecule has 0 aliphatic heterocycles. The lowest BCUT2D eigenvalue weighted by Gasteiger charge is -2.06.